The van der Waals surface area contributed by atoms with E-state index in [1.807, 2.05) is 12.1 Å². The van der Waals surface area contributed by atoms with Crippen molar-refractivity contribution >= 4 is 11.6 Å². The molecule has 0 N–H and O–H groups in total. The van der Waals surface area contributed by atoms with Crippen LogP contribution in [-0.2, 0) is 0 Å². The zero-order chi connectivity index (χ0) is 14.4. The van der Waals surface area contributed by atoms with Gasteiger partial charge in [-0.25, -0.2) is 9.97 Å². The molecule has 3 nitrogen and oxygen atoms in total. The molecule has 0 radical (unpaired) electrons. The third kappa shape index (κ3) is 2.59. The molecule has 2 atom stereocenters. The van der Waals surface area contributed by atoms with Gasteiger partial charge in [-0.05, 0) is 43.4 Å². The molecule has 0 saturated heterocycles. The fourth-order valence-corrected chi connectivity index (χ4v) is 3.56. The molecule has 2 aliphatic carbocycles. The molecule has 4 rings (SSSR count). The van der Waals surface area contributed by atoms with Gasteiger partial charge in [0, 0.05) is 17.5 Å². The predicted molar refractivity (Wildman–Crippen MR) is 82.5 cm³/mol. The minimum Gasteiger partial charge on any atom is -0.457 e. The predicted octanol–water partition coefficient (Wildman–Crippen LogP) is 5.17. The maximum Gasteiger partial charge on any atom is 0.197 e. The Bertz CT molecular complexity index is 661. The highest BCUT2D eigenvalue weighted by Gasteiger charge is 2.36. The van der Waals surface area contributed by atoms with Crippen LogP contribution in [0.1, 0.15) is 62.3 Å². The number of nitrogens with zero attached hydrogens (tertiary/aromatic N) is 2. The van der Waals surface area contributed by atoms with Crippen LogP contribution in [0, 0.1) is 5.92 Å². The number of rotatable bonds is 3. The fraction of sp³-hybridized carbons (Fsp3) is 0.529. The van der Waals surface area contributed by atoms with Gasteiger partial charge in [0.05, 0.1) is 0 Å². The Morgan fingerprint density at radius 3 is 2.67 bits per heavy atom. The maximum absolute atomic E-state index is 6.19. The van der Waals surface area contributed by atoms with E-state index in [1.54, 1.807) is 0 Å². The van der Waals surface area contributed by atoms with Gasteiger partial charge in [0.25, 0.3) is 0 Å². The monoisotopic (exact) mass is 302 g/mol. The Labute approximate surface area is 129 Å². The second-order valence-corrected chi connectivity index (χ2v) is 6.83. The van der Waals surface area contributed by atoms with Crippen LogP contribution in [-0.4, -0.2) is 9.97 Å². The lowest BCUT2D eigenvalue weighted by Crippen LogP contribution is -2.00. The molecule has 2 aromatic rings. The highest BCUT2D eigenvalue weighted by atomic mass is 35.5. The van der Waals surface area contributed by atoms with Gasteiger partial charge in [0.2, 0.25) is 0 Å². The first-order valence-electron chi connectivity index (χ1n) is 7.85. The summed E-state index contributed by atoms with van der Waals surface area (Å²) in [5, 5.41) is 0.514. The van der Waals surface area contributed by atoms with Crippen molar-refractivity contribution in [3.8, 4) is 11.6 Å². The summed E-state index contributed by atoms with van der Waals surface area (Å²) >= 11 is 6.19. The van der Waals surface area contributed by atoms with Crippen LogP contribution in [0.2, 0.25) is 5.15 Å². The molecule has 0 bridgehead atoms. The molecule has 2 aliphatic rings. The standard InChI is InChI=1S/C17H19ClN2O/c1-10-8-12(10)14-6-7-15(21-14)17-19-13(9-16(18)20-17)11-4-2-3-5-11/h6-7,9-12H,2-5,8H2,1H3. The van der Waals surface area contributed by atoms with Gasteiger partial charge in [-0.3, -0.25) is 0 Å². The number of aromatic nitrogens is 2. The Balaban J connectivity index is 1.65. The lowest BCUT2D eigenvalue weighted by molar-refractivity contribution is 0.514. The number of hydrogen-bond donors (Lipinski definition) is 0. The Kier molecular flexibility index (Phi) is 3.26. The van der Waals surface area contributed by atoms with Crippen LogP contribution in [0.5, 0.6) is 0 Å². The number of furan rings is 1. The van der Waals surface area contributed by atoms with Crippen molar-refractivity contribution in [3.05, 3.63) is 34.8 Å². The van der Waals surface area contributed by atoms with Crippen LogP contribution in [0.15, 0.2) is 22.6 Å². The minimum absolute atomic E-state index is 0.514. The molecule has 110 valence electrons. The molecule has 2 fully saturated rings. The summed E-state index contributed by atoms with van der Waals surface area (Å²) in [4.78, 5) is 9.06. The average Bonchev–Trinajstić information content (AvgIpc) is 2.93. The Hall–Kier alpha value is -1.35. The molecule has 2 aromatic heterocycles. The first-order chi connectivity index (χ1) is 10.2. The molecule has 0 spiro atoms. The van der Waals surface area contributed by atoms with Gasteiger partial charge in [-0.1, -0.05) is 31.4 Å². The number of halogens is 1. The van der Waals surface area contributed by atoms with Crippen molar-refractivity contribution in [2.24, 2.45) is 5.92 Å². The van der Waals surface area contributed by atoms with E-state index in [4.69, 9.17) is 21.0 Å². The van der Waals surface area contributed by atoms with E-state index in [1.165, 1.54) is 32.1 Å². The van der Waals surface area contributed by atoms with Crippen LogP contribution in [0.25, 0.3) is 11.6 Å². The Morgan fingerprint density at radius 2 is 1.95 bits per heavy atom. The van der Waals surface area contributed by atoms with Crippen LogP contribution < -0.4 is 0 Å². The van der Waals surface area contributed by atoms with Gasteiger partial charge >= 0.3 is 0 Å². The van der Waals surface area contributed by atoms with Crippen LogP contribution in [0.3, 0.4) is 0 Å². The quantitative estimate of drug-likeness (QED) is 0.734. The van der Waals surface area contributed by atoms with E-state index in [0.717, 1.165) is 23.1 Å². The van der Waals surface area contributed by atoms with Crippen molar-refractivity contribution < 1.29 is 4.42 Å². The average molecular weight is 303 g/mol. The van der Waals surface area contributed by atoms with E-state index in [-0.39, 0.29) is 0 Å². The fourth-order valence-electron chi connectivity index (χ4n) is 3.37. The second kappa shape index (κ2) is 5.13. The smallest absolute Gasteiger partial charge is 0.197 e. The summed E-state index contributed by atoms with van der Waals surface area (Å²) in [5.74, 6) is 4.27. The summed E-state index contributed by atoms with van der Waals surface area (Å²) in [6.07, 6.45) is 6.19. The first-order valence-corrected chi connectivity index (χ1v) is 8.23. The summed E-state index contributed by atoms with van der Waals surface area (Å²) in [5.41, 5.74) is 1.07. The van der Waals surface area contributed by atoms with Crippen LogP contribution >= 0.6 is 11.6 Å². The molecule has 21 heavy (non-hydrogen) atoms. The summed E-state index contributed by atoms with van der Waals surface area (Å²) < 4.78 is 5.95. The largest absolute Gasteiger partial charge is 0.457 e. The van der Waals surface area contributed by atoms with Crippen molar-refractivity contribution in [1.82, 2.24) is 9.97 Å². The lowest BCUT2D eigenvalue weighted by atomic mass is 10.0. The maximum atomic E-state index is 6.19. The van der Waals surface area contributed by atoms with Crippen molar-refractivity contribution in [3.63, 3.8) is 0 Å². The van der Waals surface area contributed by atoms with E-state index < -0.39 is 0 Å². The number of hydrogen-bond acceptors (Lipinski definition) is 3. The van der Waals surface area contributed by atoms with Gasteiger partial charge in [0.15, 0.2) is 11.6 Å². The zero-order valence-electron chi connectivity index (χ0n) is 12.2. The molecular weight excluding hydrogens is 284 g/mol. The molecule has 0 aromatic carbocycles. The van der Waals surface area contributed by atoms with Crippen molar-refractivity contribution in [1.29, 1.82) is 0 Å². The van der Waals surface area contributed by atoms with E-state index in [2.05, 4.69) is 18.0 Å². The molecular formula is C17H19ClN2O. The van der Waals surface area contributed by atoms with E-state index in [0.29, 0.717) is 22.8 Å². The third-order valence-electron chi connectivity index (χ3n) is 4.81. The molecule has 0 aliphatic heterocycles. The summed E-state index contributed by atoms with van der Waals surface area (Å²) in [6.45, 7) is 2.25. The topological polar surface area (TPSA) is 38.9 Å². The highest BCUT2D eigenvalue weighted by Crippen LogP contribution is 2.48. The third-order valence-corrected chi connectivity index (χ3v) is 5.00. The van der Waals surface area contributed by atoms with Crippen LogP contribution in [0.4, 0.5) is 0 Å². The zero-order valence-corrected chi connectivity index (χ0v) is 12.9. The lowest BCUT2D eigenvalue weighted by Gasteiger charge is -2.09. The second-order valence-electron chi connectivity index (χ2n) is 6.44. The van der Waals surface area contributed by atoms with Gasteiger partial charge in [-0.15, -0.1) is 0 Å². The normalized spacial score (nSPS) is 25.4. The van der Waals surface area contributed by atoms with E-state index >= 15 is 0 Å². The highest BCUT2D eigenvalue weighted by molar-refractivity contribution is 6.29. The molecule has 2 heterocycles. The summed E-state index contributed by atoms with van der Waals surface area (Å²) in [6, 6.07) is 5.95. The van der Waals surface area contributed by atoms with E-state index in [9.17, 15) is 0 Å². The Morgan fingerprint density at radius 1 is 1.19 bits per heavy atom. The summed E-state index contributed by atoms with van der Waals surface area (Å²) in [7, 11) is 0. The van der Waals surface area contributed by atoms with Crippen molar-refractivity contribution in [2.45, 2.75) is 50.9 Å². The first kappa shape index (κ1) is 13.3. The van der Waals surface area contributed by atoms with Gasteiger partial charge in [0.1, 0.15) is 10.9 Å². The minimum atomic E-state index is 0.514. The molecule has 4 heteroatoms. The van der Waals surface area contributed by atoms with Gasteiger partial charge < -0.3 is 4.42 Å². The molecule has 2 saturated carbocycles. The SMILES string of the molecule is CC1CC1c1ccc(-c2nc(Cl)cc(C3CCCC3)n2)o1. The molecule has 0 amide bonds. The van der Waals surface area contributed by atoms with Crippen molar-refractivity contribution in [2.75, 3.05) is 0 Å². The van der Waals surface area contributed by atoms with Gasteiger partial charge in [-0.2, -0.15) is 0 Å². The molecule has 2 unspecified atom stereocenters.